The molecule has 0 radical (unpaired) electrons. The van der Waals surface area contributed by atoms with E-state index in [4.69, 9.17) is 0 Å². The SMILES string of the molecule is O=C1NCCc2[nH]c(-c3ccnc(CCc4ccccc4)c3)cc21. The number of rotatable bonds is 4. The molecule has 0 unspecified atom stereocenters. The summed E-state index contributed by atoms with van der Waals surface area (Å²) in [4.78, 5) is 19.8. The molecule has 0 aliphatic carbocycles. The standard InChI is InChI=1S/C20H19N3O/c24-20-17-13-19(23-18(17)9-11-22-20)15-8-10-21-16(12-15)7-6-14-4-2-1-3-5-14/h1-5,8,10,12-13,23H,6-7,9,11H2,(H,22,24). The molecule has 4 rings (SSSR count). The molecule has 2 N–H and O–H groups in total. The highest BCUT2D eigenvalue weighted by Crippen LogP contribution is 2.24. The Labute approximate surface area is 141 Å². The van der Waals surface area contributed by atoms with E-state index in [1.807, 2.05) is 24.4 Å². The molecule has 1 aromatic carbocycles. The number of nitrogens with one attached hydrogen (secondary N) is 2. The Morgan fingerprint density at radius 1 is 1.04 bits per heavy atom. The second-order valence-corrected chi connectivity index (χ2v) is 6.10. The van der Waals surface area contributed by atoms with E-state index in [0.717, 1.165) is 47.5 Å². The van der Waals surface area contributed by atoms with Crippen LogP contribution in [-0.2, 0) is 19.3 Å². The molecule has 0 fully saturated rings. The third-order valence-corrected chi connectivity index (χ3v) is 4.44. The van der Waals surface area contributed by atoms with Crippen LogP contribution in [0, 0.1) is 0 Å². The van der Waals surface area contributed by atoms with Gasteiger partial charge in [0, 0.05) is 41.8 Å². The number of amides is 1. The molecule has 0 saturated carbocycles. The topological polar surface area (TPSA) is 57.8 Å². The summed E-state index contributed by atoms with van der Waals surface area (Å²) >= 11 is 0. The van der Waals surface area contributed by atoms with E-state index in [0.29, 0.717) is 6.54 Å². The summed E-state index contributed by atoms with van der Waals surface area (Å²) in [6.45, 7) is 0.699. The minimum atomic E-state index is 0.0112. The zero-order valence-corrected chi connectivity index (χ0v) is 13.4. The van der Waals surface area contributed by atoms with Crippen molar-refractivity contribution in [3.63, 3.8) is 0 Å². The number of benzene rings is 1. The van der Waals surface area contributed by atoms with Gasteiger partial charge in [-0.3, -0.25) is 9.78 Å². The maximum Gasteiger partial charge on any atom is 0.253 e. The Kier molecular flexibility index (Phi) is 3.87. The van der Waals surface area contributed by atoms with Crippen LogP contribution in [0.15, 0.2) is 54.7 Å². The molecule has 120 valence electrons. The van der Waals surface area contributed by atoms with Crippen molar-refractivity contribution in [1.82, 2.24) is 15.3 Å². The molecule has 3 heterocycles. The van der Waals surface area contributed by atoms with Gasteiger partial charge in [0.15, 0.2) is 0 Å². The van der Waals surface area contributed by atoms with Gasteiger partial charge in [0.2, 0.25) is 0 Å². The number of aryl methyl sites for hydroxylation is 2. The van der Waals surface area contributed by atoms with E-state index < -0.39 is 0 Å². The molecule has 1 aliphatic rings. The highest BCUT2D eigenvalue weighted by molar-refractivity contribution is 5.97. The van der Waals surface area contributed by atoms with Gasteiger partial charge in [0.1, 0.15) is 0 Å². The first-order chi connectivity index (χ1) is 11.8. The third kappa shape index (κ3) is 2.95. The number of aromatic nitrogens is 2. The largest absolute Gasteiger partial charge is 0.358 e. The fourth-order valence-corrected chi connectivity index (χ4v) is 3.15. The van der Waals surface area contributed by atoms with Crippen molar-refractivity contribution in [1.29, 1.82) is 0 Å². The van der Waals surface area contributed by atoms with Crippen LogP contribution < -0.4 is 5.32 Å². The van der Waals surface area contributed by atoms with Gasteiger partial charge in [0.05, 0.1) is 5.56 Å². The van der Waals surface area contributed by atoms with Crippen molar-refractivity contribution >= 4 is 5.91 Å². The number of carbonyl (C=O) groups excluding carboxylic acids is 1. The smallest absolute Gasteiger partial charge is 0.253 e. The summed E-state index contributed by atoms with van der Waals surface area (Å²) in [7, 11) is 0. The average molecular weight is 317 g/mol. The van der Waals surface area contributed by atoms with E-state index in [1.165, 1.54) is 5.56 Å². The molecule has 0 spiro atoms. The maximum atomic E-state index is 11.9. The quantitative estimate of drug-likeness (QED) is 0.776. The highest BCUT2D eigenvalue weighted by Gasteiger charge is 2.19. The monoisotopic (exact) mass is 317 g/mol. The summed E-state index contributed by atoms with van der Waals surface area (Å²) in [5.74, 6) is 0.0112. The minimum absolute atomic E-state index is 0.0112. The van der Waals surface area contributed by atoms with Crippen LogP contribution >= 0.6 is 0 Å². The summed E-state index contributed by atoms with van der Waals surface area (Å²) in [5.41, 5.74) is 6.23. The van der Waals surface area contributed by atoms with Gasteiger partial charge in [-0.15, -0.1) is 0 Å². The number of fused-ring (bicyclic) bond motifs is 1. The van der Waals surface area contributed by atoms with E-state index in [1.54, 1.807) is 0 Å². The van der Waals surface area contributed by atoms with Gasteiger partial charge in [0.25, 0.3) is 5.91 Å². The Morgan fingerprint density at radius 2 is 1.92 bits per heavy atom. The zero-order chi connectivity index (χ0) is 16.4. The lowest BCUT2D eigenvalue weighted by Gasteiger charge is -2.10. The molecule has 1 aliphatic heterocycles. The Hall–Kier alpha value is -2.88. The van der Waals surface area contributed by atoms with Gasteiger partial charge in [-0.25, -0.2) is 0 Å². The number of nitrogens with zero attached hydrogens (tertiary/aromatic N) is 1. The molecule has 0 atom stereocenters. The molecular weight excluding hydrogens is 298 g/mol. The lowest BCUT2D eigenvalue weighted by Crippen LogP contribution is -2.31. The Balaban J connectivity index is 1.55. The van der Waals surface area contributed by atoms with Gasteiger partial charge >= 0.3 is 0 Å². The molecular formula is C20H19N3O. The van der Waals surface area contributed by atoms with Crippen molar-refractivity contribution in [2.75, 3.05) is 6.54 Å². The van der Waals surface area contributed by atoms with Gasteiger partial charge < -0.3 is 10.3 Å². The minimum Gasteiger partial charge on any atom is -0.358 e. The number of hydrogen-bond acceptors (Lipinski definition) is 2. The predicted molar refractivity (Wildman–Crippen MR) is 93.9 cm³/mol. The van der Waals surface area contributed by atoms with Gasteiger partial charge in [-0.05, 0) is 36.6 Å². The number of H-pyrrole nitrogens is 1. The molecule has 1 amide bonds. The summed E-state index contributed by atoms with van der Waals surface area (Å²) in [5, 5.41) is 2.88. The second kappa shape index (κ2) is 6.32. The van der Waals surface area contributed by atoms with Crippen LogP contribution in [0.5, 0.6) is 0 Å². The Morgan fingerprint density at radius 3 is 2.75 bits per heavy atom. The van der Waals surface area contributed by atoms with Crippen molar-refractivity contribution in [3.8, 4) is 11.3 Å². The first kappa shape index (κ1) is 14.7. The van der Waals surface area contributed by atoms with Crippen LogP contribution in [0.3, 0.4) is 0 Å². The second-order valence-electron chi connectivity index (χ2n) is 6.10. The predicted octanol–water partition coefficient (Wildman–Crippen LogP) is 3.15. The number of aromatic amines is 1. The van der Waals surface area contributed by atoms with E-state index >= 15 is 0 Å². The van der Waals surface area contributed by atoms with Crippen molar-refractivity contribution in [3.05, 3.63) is 77.2 Å². The summed E-state index contributed by atoms with van der Waals surface area (Å²) < 4.78 is 0. The van der Waals surface area contributed by atoms with Crippen LogP contribution in [0.1, 0.15) is 27.3 Å². The highest BCUT2D eigenvalue weighted by atomic mass is 16.1. The summed E-state index contributed by atoms with van der Waals surface area (Å²) in [6, 6.07) is 16.5. The molecule has 0 saturated heterocycles. The van der Waals surface area contributed by atoms with Crippen molar-refractivity contribution in [2.45, 2.75) is 19.3 Å². The van der Waals surface area contributed by atoms with Crippen LogP contribution in [-0.4, -0.2) is 22.4 Å². The lowest BCUT2D eigenvalue weighted by atomic mass is 10.1. The molecule has 4 heteroatoms. The third-order valence-electron chi connectivity index (χ3n) is 4.44. The Bertz CT molecular complexity index is 868. The zero-order valence-electron chi connectivity index (χ0n) is 13.4. The molecule has 2 aromatic heterocycles. The van der Waals surface area contributed by atoms with E-state index in [2.05, 4.69) is 45.6 Å². The summed E-state index contributed by atoms with van der Waals surface area (Å²) in [6.07, 6.45) is 4.57. The van der Waals surface area contributed by atoms with Crippen LogP contribution in [0.4, 0.5) is 0 Å². The molecule has 24 heavy (non-hydrogen) atoms. The molecule has 3 aromatic rings. The van der Waals surface area contributed by atoms with Crippen molar-refractivity contribution < 1.29 is 4.79 Å². The molecule has 4 nitrogen and oxygen atoms in total. The average Bonchev–Trinajstić information content (AvgIpc) is 3.07. The maximum absolute atomic E-state index is 11.9. The first-order valence-electron chi connectivity index (χ1n) is 8.29. The van der Waals surface area contributed by atoms with Crippen LogP contribution in [0.2, 0.25) is 0 Å². The van der Waals surface area contributed by atoms with E-state index in [9.17, 15) is 4.79 Å². The van der Waals surface area contributed by atoms with Gasteiger partial charge in [-0.1, -0.05) is 30.3 Å². The van der Waals surface area contributed by atoms with E-state index in [-0.39, 0.29) is 5.91 Å². The van der Waals surface area contributed by atoms with Crippen LogP contribution in [0.25, 0.3) is 11.3 Å². The number of hydrogen-bond donors (Lipinski definition) is 2. The fraction of sp³-hybridized carbons (Fsp3) is 0.200. The number of carbonyl (C=O) groups is 1. The fourth-order valence-electron chi connectivity index (χ4n) is 3.15. The van der Waals surface area contributed by atoms with Gasteiger partial charge in [-0.2, -0.15) is 0 Å². The first-order valence-corrected chi connectivity index (χ1v) is 8.29. The molecule has 0 bridgehead atoms. The number of pyridine rings is 1. The lowest BCUT2D eigenvalue weighted by molar-refractivity contribution is 0.0946. The normalized spacial score (nSPS) is 13.4. The van der Waals surface area contributed by atoms with Crippen molar-refractivity contribution in [2.24, 2.45) is 0 Å².